The Morgan fingerprint density at radius 3 is 2.61 bits per heavy atom. The zero-order valence-corrected chi connectivity index (χ0v) is 10.8. The molecule has 0 saturated heterocycles. The van der Waals surface area contributed by atoms with Crippen molar-refractivity contribution in [2.24, 2.45) is 0 Å². The number of nitrogen functional groups attached to an aromatic ring is 1. The number of hydrogen-bond acceptors (Lipinski definition) is 2. The van der Waals surface area contributed by atoms with E-state index in [4.69, 9.17) is 28.9 Å². The van der Waals surface area contributed by atoms with Gasteiger partial charge < -0.3 is 10.1 Å². The monoisotopic (exact) mass is 277 g/mol. The molecular formula is C13H9Cl2N3. The highest BCUT2D eigenvalue weighted by molar-refractivity contribution is 6.42. The van der Waals surface area contributed by atoms with Crippen LogP contribution in [0, 0.1) is 0 Å². The first-order valence-corrected chi connectivity index (χ1v) is 6.09. The number of nitrogens with zero attached hydrogens (tertiary/aromatic N) is 2. The second kappa shape index (κ2) is 4.19. The normalized spacial score (nSPS) is 11.0. The first-order chi connectivity index (χ1) is 8.63. The summed E-state index contributed by atoms with van der Waals surface area (Å²) < 4.78 is 1.88. The summed E-state index contributed by atoms with van der Waals surface area (Å²) in [4.78, 5) is 4.50. The van der Waals surface area contributed by atoms with Crippen LogP contribution in [0.15, 0.2) is 42.7 Å². The summed E-state index contributed by atoms with van der Waals surface area (Å²) in [6.45, 7) is 0. The Bertz CT molecular complexity index is 734. The van der Waals surface area contributed by atoms with Crippen LogP contribution in [0.4, 0.5) is 5.69 Å². The standard InChI is InChI=1S/C13H9Cl2N3/c14-10-3-1-8(5-11(10)15)12-7-18-6-9(16)2-4-13(18)17-12/h1-7H,16H2. The van der Waals surface area contributed by atoms with E-state index in [-0.39, 0.29) is 0 Å². The van der Waals surface area contributed by atoms with E-state index in [9.17, 15) is 0 Å². The third kappa shape index (κ3) is 1.92. The van der Waals surface area contributed by atoms with E-state index in [1.165, 1.54) is 0 Å². The highest BCUT2D eigenvalue weighted by atomic mass is 35.5. The molecule has 5 heteroatoms. The predicted molar refractivity (Wildman–Crippen MR) is 75.1 cm³/mol. The van der Waals surface area contributed by atoms with Crippen molar-refractivity contribution in [2.75, 3.05) is 5.73 Å². The highest BCUT2D eigenvalue weighted by Crippen LogP contribution is 2.28. The van der Waals surface area contributed by atoms with Gasteiger partial charge in [0.05, 0.1) is 15.7 Å². The minimum atomic E-state index is 0.519. The molecule has 3 aromatic rings. The van der Waals surface area contributed by atoms with Gasteiger partial charge in [0.1, 0.15) is 5.65 Å². The van der Waals surface area contributed by atoms with Crippen molar-refractivity contribution < 1.29 is 0 Å². The quantitative estimate of drug-likeness (QED) is 0.733. The Hall–Kier alpha value is -1.71. The van der Waals surface area contributed by atoms with Gasteiger partial charge in [0.25, 0.3) is 0 Å². The summed E-state index contributed by atoms with van der Waals surface area (Å²) in [7, 11) is 0. The molecule has 0 fully saturated rings. The molecule has 0 aliphatic carbocycles. The molecule has 2 heterocycles. The van der Waals surface area contributed by atoms with Gasteiger partial charge in [-0.25, -0.2) is 4.98 Å². The zero-order valence-electron chi connectivity index (χ0n) is 9.27. The van der Waals surface area contributed by atoms with Crippen LogP contribution in [0.5, 0.6) is 0 Å². The molecule has 2 N–H and O–H groups in total. The van der Waals surface area contributed by atoms with E-state index < -0.39 is 0 Å². The van der Waals surface area contributed by atoms with Gasteiger partial charge in [-0.2, -0.15) is 0 Å². The van der Waals surface area contributed by atoms with Crippen molar-refractivity contribution in [3.8, 4) is 11.3 Å². The predicted octanol–water partition coefficient (Wildman–Crippen LogP) is 3.89. The fourth-order valence-corrected chi connectivity index (χ4v) is 2.10. The molecule has 0 unspecified atom stereocenters. The fourth-order valence-electron chi connectivity index (χ4n) is 1.80. The number of anilines is 1. The SMILES string of the molecule is Nc1ccc2nc(-c3ccc(Cl)c(Cl)c3)cn2c1. The molecule has 0 spiro atoms. The molecule has 0 bridgehead atoms. The number of pyridine rings is 1. The third-order valence-electron chi connectivity index (χ3n) is 2.69. The van der Waals surface area contributed by atoms with E-state index in [1.807, 2.05) is 35.0 Å². The molecule has 0 aliphatic rings. The van der Waals surface area contributed by atoms with Crippen LogP contribution in [-0.2, 0) is 0 Å². The Kier molecular flexibility index (Phi) is 2.65. The second-order valence-electron chi connectivity index (χ2n) is 3.98. The number of fused-ring (bicyclic) bond motifs is 1. The maximum Gasteiger partial charge on any atom is 0.137 e. The molecular weight excluding hydrogens is 269 g/mol. The van der Waals surface area contributed by atoms with Crippen molar-refractivity contribution in [3.05, 3.63) is 52.8 Å². The Morgan fingerprint density at radius 2 is 1.83 bits per heavy atom. The molecule has 0 atom stereocenters. The number of halogens is 2. The number of rotatable bonds is 1. The highest BCUT2D eigenvalue weighted by Gasteiger charge is 2.06. The lowest BCUT2D eigenvalue weighted by atomic mass is 10.2. The van der Waals surface area contributed by atoms with E-state index in [0.29, 0.717) is 15.7 Å². The number of aromatic nitrogens is 2. The first kappa shape index (κ1) is 11.4. The van der Waals surface area contributed by atoms with Crippen LogP contribution in [0.3, 0.4) is 0 Å². The molecule has 3 rings (SSSR count). The molecule has 3 nitrogen and oxygen atoms in total. The van der Waals surface area contributed by atoms with Crippen LogP contribution >= 0.6 is 23.2 Å². The molecule has 0 saturated carbocycles. The van der Waals surface area contributed by atoms with Crippen molar-refractivity contribution in [3.63, 3.8) is 0 Å². The maximum absolute atomic E-state index is 6.00. The van der Waals surface area contributed by atoms with Crippen LogP contribution in [0.1, 0.15) is 0 Å². The molecule has 0 amide bonds. The van der Waals surface area contributed by atoms with Gasteiger partial charge in [0.2, 0.25) is 0 Å². The van der Waals surface area contributed by atoms with Gasteiger partial charge in [0, 0.05) is 23.6 Å². The fraction of sp³-hybridized carbons (Fsp3) is 0. The lowest BCUT2D eigenvalue weighted by Crippen LogP contribution is -1.88. The number of imidazole rings is 1. The Balaban J connectivity index is 2.16. The topological polar surface area (TPSA) is 43.3 Å². The first-order valence-electron chi connectivity index (χ1n) is 5.33. The molecule has 1 aromatic carbocycles. The molecule has 0 radical (unpaired) electrons. The summed E-state index contributed by atoms with van der Waals surface area (Å²) in [6, 6.07) is 9.14. The van der Waals surface area contributed by atoms with Gasteiger partial charge >= 0.3 is 0 Å². The van der Waals surface area contributed by atoms with Gasteiger partial charge in [-0.1, -0.05) is 29.3 Å². The van der Waals surface area contributed by atoms with E-state index in [0.717, 1.165) is 16.9 Å². The summed E-state index contributed by atoms with van der Waals surface area (Å²) in [5.74, 6) is 0. The average Bonchev–Trinajstić information content (AvgIpc) is 2.75. The van der Waals surface area contributed by atoms with Crippen LogP contribution in [0.2, 0.25) is 10.0 Å². The minimum absolute atomic E-state index is 0.519. The Labute approximate surface area is 114 Å². The summed E-state index contributed by atoms with van der Waals surface area (Å²) >= 11 is 11.9. The van der Waals surface area contributed by atoms with Gasteiger partial charge in [-0.05, 0) is 24.3 Å². The van der Waals surface area contributed by atoms with Crippen molar-refractivity contribution >= 4 is 34.5 Å². The number of benzene rings is 1. The number of hydrogen-bond donors (Lipinski definition) is 1. The maximum atomic E-state index is 6.00. The second-order valence-corrected chi connectivity index (χ2v) is 4.80. The van der Waals surface area contributed by atoms with E-state index in [2.05, 4.69) is 4.98 Å². The summed E-state index contributed by atoms with van der Waals surface area (Å²) in [6.07, 6.45) is 3.73. The smallest absolute Gasteiger partial charge is 0.137 e. The van der Waals surface area contributed by atoms with Crippen molar-refractivity contribution in [1.82, 2.24) is 9.38 Å². The average molecular weight is 278 g/mol. The summed E-state index contributed by atoms with van der Waals surface area (Å²) in [5.41, 5.74) is 9.02. The van der Waals surface area contributed by atoms with E-state index in [1.54, 1.807) is 12.1 Å². The molecule has 18 heavy (non-hydrogen) atoms. The summed E-state index contributed by atoms with van der Waals surface area (Å²) in [5, 5.41) is 1.05. The van der Waals surface area contributed by atoms with Crippen LogP contribution in [-0.4, -0.2) is 9.38 Å². The molecule has 90 valence electrons. The van der Waals surface area contributed by atoms with Gasteiger partial charge in [-0.15, -0.1) is 0 Å². The zero-order chi connectivity index (χ0) is 12.7. The Morgan fingerprint density at radius 1 is 1.00 bits per heavy atom. The van der Waals surface area contributed by atoms with E-state index >= 15 is 0 Å². The van der Waals surface area contributed by atoms with Crippen molar-refractivity contribution in [1.29, 1.82) is 0 Å². The van der Waals surface area contributed by atoms with Gasteiger partial charge in [-0.3, -0.25) is 0 Å². The number of nitrogens with two attached hydrogens (primary N) is 1. The third-order valence-corrected chi connectivity index (χ3v) is 3.43. The van der Waals surface area contributed by atoms with Crippen molar-refractivity contribution in [2.45, 2.75) is 0 Å². The molecule has 2 aromatic heterocycles. The van der Waals surface area contributed by atoms with Gasteiger partial charge in [0.15, 0.2) is 0 Å². The molecule has 0 aliphatic heterocycles. The largest absolute Gasteiger partial charge is 0.398 e. The minimum Gasteiger partial charge on any atom is -0.398 e. The van der Waals surface area contributed by atoms with Crippen LogP contribution < -0.4 is 5.73 Å². The lowest BCUT2D eigenvalue weighted by molar-refractivity contribution is 1.19. The lowest BCUT2D eigenvalue weighted by Gasteiger charge is -1.98. The van der Waals surface area contributed by atoms with Crippen LogP contribution in [0.25, 0.3) is 16.9 Å².